The van der Waals surface area contributed by atoms with E-state index in [1.165, 1.54) is 51.8 Å². The summed E-state index contributed by atoms with van der Waals surface area (Å²) < 4.78 is 9.99. The van der Waals surface area contributed by atoms with Crippen LogP contribution in [0.4, 0.5) is 0 Å². The predicted molar refractivity (Wildman–Crippen MR) is 105 cm³/mol. The fourth-order valence-corrected chi connectivity index (χ4v) is 15.2. The molecule has 132 valence electrons. The first-order valence-electron chi connectivity index (χ1n) is 9.43. The van der Waals surface area contributed by atoms with E-state index in [1.54, 1.807) is 0 Å². The summed E-state index contributed by atoms with van der Waals surface area (Å²) in [5, 5.41) is 13.9. The number of nitriles is 1. The van der Waals surface area contributed by atoms with E-state index < -0.39 is 18.8 Å². The average molecular weight is 435 g/mol. The van der Waals surface area contributed by atoms with Crippen LogP contribution in [0.1, 0.15) is 64.9 Å². The Morgan fingerprint density at radius 1 is 0.958 bits per heavy atom. The summed E-state index contributed by atoms with van der Waals surface area (Å²) >= 11 is -2.77. The maximum atomic E-state index is 9.47. The van der Waals surface area contributed by atoms with Gasteiger partial charge >= 0.3 is 153 Å². The molecule has 24 heavy (non-hydrogen) atoms. The van der Waals surface area contributed by atoms with Gasteiger partial charge in [0.05, 0.1) is 0 Å². The van der Waals surface area contributed by atoms with E-state index in [9.17, 15) is 5.26 Å². The second kappa shape index (κ2) is 12.4. The minimum atomic E-state index is -2.77. The Bertz CT molecular complexity index is 500. The Labute approximate surface area is 152 Å². The van der Waals surface area contributed by atoms with Crippen LogP contribution in [0.2, 0.25) is 13.3 Å². The Kier molecular flexibility index (Phi) is 10.8. The zero-order valence-electron chi connectivity index (χ0n) is 15.6. The second-order valence-electron chi connectivity index (χ2n) is 6.50. The molecule has 0 aromatic heterocycles. The molecule has 0 unspecified atom stereocenters. The molecular formula is C20H32N2OSn. The van der Waals surface area contributed by atoms with Crippen molar-refractivity contribution in [2.24, 2.45) is 5.16 Å². The molecule has 0 aliphatic rings. The van der Waals surface area contributed by atoms with Crippen LogP contribution in [0.15, 0.2) is 35.5 Å². The van der Waals surface area contributed by atoms with Crippen LogP contribution in [0.3, 0.4) is 0 Å². The van der Waals surface area contributed by atoms with Gasteiger partial charge in [0.25, 0.3) is 0 Å². The van der Waals surface area contributed by atoms with Crippen LogP contribution in [0.25, 0.3) is 0 Å². The van der Waals surface area contributed by atoms with Crippen LogP contribution in [-0.4, -0.2) is 24.5 Å². The van der Waals surface area contributed by atoms with Gasteiger partial charge in [0, 0.05) is 0 Å². The van der Waals surface area contributed by atoms with Gasteiger partial charge in [-0.3, -0.25) is 0 Å². The molecule has 4 heteroatoms. The molecule has 0 N–H and O–H groups in total. The van der Waals surface area contributed by atoms with Gasteiger partial charge in [0.15, 0.2) is 0 Å². The molecule has 0 heterocycles. The topological polar surface area (TPSA) is 45.4 Å². The fraction of sp³-hybridized carbons (Fsp3) is 0.600. The van der Waals surface area contributed by atoms with Crippen molar-refractivity contribution in [2.45, 2.75) is 72.6 Å². The van der Waals surface area contributed by atoms with E-state index in [-0.39, 0.29) is 0 Å². The van der Waals surface area contributed by atoms with Crippen molar-refractivity contribution in [1.82, 2.24) is 0 Å². The third-order valence-electron chi connectivity index (χ3n) is 4.44. The number of oxime groups is 1. The van der Waals surface area contributed by atoms with Crippen molar-refractivity contribution in [2.75, 3.05) is 0 Å². The standard InChI is InChI=1S/C8H6N2O.3C4H9.Sn/c9-6-8(10-11)7-4-2-1-3-5-7;3*1-3-4-2;/h1-5,11H;3*1,3-4H2,2H3;/q;;;;+1/p-1. The average Bonchev–Trinajstić information content (AvgIpc) is 2.64. The zero-order valence-corrected chi connectivity index (χ0v) is 18.4. The number of unbranched alkanes of at least 4 members (excludes halogenated alkanes) is 3. The van der Waals surface area contributed by atoms with Crippen LogP contribution in [0.5, 0.6) is 0 Å². The van der Waals surface area contributed by atoms with Gasteiger partial charge in [-0.2, -0.15) is 0 Å². The number of hydrogen-bond donors (Lipinski definition) is 0. The monoisotopic (exact) mass is 436 g/mol. The van der Waals surface area contributed by atoms with E-state index in [1.807, 2.05) is 30.3 Å². The first-order valence-corrected chi connectivity index (χ1v) is 16.6. The normalized spacial score (nSPS) is 12.0. The predicted octanol–water partition coefficient (Wildman–Crippen LogP) is 6.28. The Morgan fingerprint density at radius 2 is 1.46 bits per heavy atom. The molecule has 0 aliphatic carbocycles. The van der Waals surface area contributed by atoms with Crippen LogP contribution in [0, 0.1) is 11.3 Å². The second-order valence-corrected chi connectivity index (χ2v) is 18.1. The SMILES string of the molecule is CCC[CH2][Sn]([CH2]CCC)([CH2]CCC)[O]N=C(C#N)c1ccccc1. The molecule has 0 radical (unpaired) electrons. The summed E-state index contributed by atoms with van der Waals surface area (Å²) in [6.45, 7) is 6.72. The molecule has 0 atom stereocenters. The molecule has 0 aliphatic heterocycles. The first kappa shape index (κ1) is 21.0. The first-order chi connectivity index (χ1) is 11.7. The summed E-state index contributed by atoms with van der Waals surface area (Å²) in [7, 11) is 0. The Balaban J connectivity index is 2.98. The fourth-order valence-electron chi connectivity index (χ4n) is 2.88. The summed E-state index contributed by atoms with van der Waals surface area (Å²) in [4.78, 5) is 0. The molecule has 0 spiro atoms. The van der Waals surface area contributed by atoms with Gasteiger partial charge in [-0.25, -0.2) is 0 Å². The van der Waals surface area contributed by atoms with E-state index >= 15 is 0 Å². The molecule has 0 fully saturated rings. The summed E-state index contributed by atoms with van der Waals surface area (Å²) in [5.74, 6) is 0. The van der Waals surface area contributed by atoms with Gasteiger partial charge in [-0.05, 0) is 0 Å². The van der Waals surface area contributed by atoms with Gasteiger partial charge < -0.3 is 0 Å². The molecule has 0 saturated heterocycles. The van der Waals surface area contributed by atoms with Crippen molar-refractivity contribution in [3.63, 3.8) is 0 Å². The van der Waals surface area contributed by atoms with E-state index in [0.717, 1.165) is 5.56 Å². The minimum absolute atomic E-state index is 0.418. The van der Waals surface area contributed by atoms with Crippen molar-refractivity contribution < 1.29 is 3.17 Å². The van der Waals surface area contributed by atoms with Gasteiger partial charge in [0.1, 0.15) is 0 Å². The van der Waals surface area contributed by atoms with Crippen LogP contribution >= 0.6 is 0 Å². The molecule has 0 saturated carbocycles. The summed E-state index contributed by atoms with van der Waals surface area (Å²) in [6.07, 6.45) is 7.29. The summed E-state index contributed by atoms with van der Waals surface area (Å²) in [5.41, 5.74) is 1.27. The van der Waals surface area contributed by atoms with Crippen molar-refractivity contribution >= 4 is 24.5 Å². The van der Waals surface area contributed by atoms with Crippen LogP contribution < -0.4 is 0 Å². The third-order valence-corrected chi connectivity index (χ3v) is 16.6. The molecule has 3 nitrogen and oxygen atoms in total. The molecular weight excluding hydrogens is 403 g/mol. The Hall–Kier alpha value is -1.02. The van der Waals surface area contributed by atoms with E-state index in [0.29, 0.717) is 5.71 Å². The van der Waals surface area contributed by atoms with Crippen LogP contribution in [-0.2, 0) is 3.17 Å². The number of benzene rings is 1. The van der Waals surface area contributed by atoms with Gasteiger partial charge in [-0.15, -0.1) is 0 Å². The summed E-state index contributed by atoms with van der Waals surface area (Å²) in [6, 6.07) is 11.9. The van der Waals surface area contributed by atoms with Crippen molar-refractivity contribution in [3.8, 4) is 6.07 Å². The zero-order chi connectivity index (χ0) is 17.7. The quantitative estimate of drug-likeness (QED) is 0.221. The number of hydrogen-bond acceptors (Lipinski definition) is 3. The van der Waals surface area contributed by atoms with Crippen molar-refractivity contribution in [1.29, 1.82) is 5.26 Å². The van der Waals surface area contributed by atoms with Gasteiger partial charge in [0.2, 0.25) is 0 Å². The molecule has 0 bridgehead atoms. The Morgan fingerprint density at radius 3 is 1.88 bits per heavy atom. The maximum absolute atomic E-state index is 9.47. The molecule has 0 amide bonds. The third kappa shape index (κ3) is 7.25. The van der Waals surface area contributed by atoms with Crippen molar-refractivity contribution in [3.05, 3.63) is 35.9 Å². The molecule has 1 rings (SSSR count). The molecule has 1 aromatic carbocycles. The van der Waals surface area contributed by atoms with E-state index in [4.69, 9.17) is 3.17 Å². The van der Waals surface area contributed by atoms with Gasteiger partial charge in [-0.1, -0.05) is 0 Å². The van der Waals surface area contributed by atoms with E-state index in [2.05, 4.69) is 32.0 Å². The molecule has 1 aromatic rings. The number of nitrogens with zero attached hydrogens (tertiary/aromatic N) is 2. The number of rotatable bonds is 12.